The summed E-state index contributed by atoms with van der Waals surface area (Å²) in [6.07, 6.45) is 3.44. The lowest BCUT2D eigenvalue weighted by atomic mass is 10.0. The van der Waals surface area contributed by atoms with Crippen molar-refractivity contribution in [3.8, 4) is 11.5 Å². The van der Waals surface area contributed by atoms with Gasteiger partial charge in [0.05, 0.1) is 6.61 Å². The van der Waals surface area contributed by atoms with Gasteiger partial charge in [0.2, 0.25) is 0 Å². The van der Waals surface area contributed by atoms with Gasteiger partial charge in [-0.2, -0.15) is 0 Å². The van der Waals surface area contributed by atoms with Gasteiger partial charge < -0.3 is 15.2 Å². The van der Waals surface area contributed by atoms with E-state index in [9.17, 15) is 0 Å². The molecule has 0 spiro atoms. The minimum absolute atomic E-state index is 0.0572. The third kappa shape index (κ3) is 4.60. The van der Waals surface area contributed by atoms with Crippen molar-refractivity contribution in [2.24, 2.45) is 5.73 Å². The fourth-order valence-electron chi connectivity index (χ4n) is 1.79. The van der Waals surface area contributed by atoms with E-state index in [1.165, 1.54) is 0 Å². The molecule has 0 saturated carbocycles. The Hall–Kier alpha value is -1.48. The second-order valence-electron chi connectivity index (χ2n) is 4.61. The lowest BCUT2D eigenvalue weighted by Gasteiger charge is -2.20. The summed E-state index contributed by atoms with van der Waals surface area (Å²) in [5.74, 6) is 1.57. The standard InChI is InChI=1S/C16H25NO2/c1-5-12(4)19-16-13(11-14(17)6-2)9-8-10-15(16)18-7-3/h5,8-10,12,14H,1,6-7,11,17H2,2-4H3. The van der Waals surface area contributed by atoms with E-state index in [0.717, 1.165) is 29.9 Å². The molecule has 2 atom stereocenters. The molecule has 1 rings (SSSR count). The van der Waals surface area contributed by atoms with E-state index in [1.807, 2.05) is 32.0 Å². The van der Waals surface area contributed by atoms with Crippen molar-refractivity contribution in [1.29, 1.82) is 0 Å². The average Bonchev–Trinajstić information content (AvgIpc) is 2.42. The largest absolute Gasteiger partial charge is 0.490 e. The highest BCUT2D eigenvalue weighted by Crippen LogP contribution is 2.33. The van der Waals surface area contributed by atoms with Gasteiger partial charge in [0.25, 0.3) is 0 Å². The summed E-state index contributed by atoms with van der Waals surface area (Å²) in [4.78, 5) is 0. The molecule has 1 aromatic carbocycles. The Kier molecular flexibility index (Phi) is 6.43. The number of hydrogen-bond acceptors (Lipinski definition) is 3. The van der Waals surface area contributed by atoms with Gasteiger partial charge in [-0.05, 0) is 38.3 Å². The molecule has 0 bridgehead atoms. The number of hydrogen-bond donors (Lipinski definition) is 1. The van der Waals surface area contributed by atoms with Gasteiger partial charge in [-0.1, -0.05) is 31.7 Å². The number of nitrogens with two attached hydrogens (primary N) is 1. The minimum atomic E-state index is -0.0572. The van der Waals surface area contributed by atoms with Gasteiger partial charge in [-0.25, -0.2) is 0 Å². The summed E-state index contributed by atoms with van der Waals surface area (Å²) < 4.78 is 11.6. The van der Waals surface area contributed by atoms with Crippen molar-refractivity contribution in [2.75, 3.05) is 6.61 Å². The van der Waals surface area contributed by atoms with E-state index in [1.54, 1.807) is 6.08 Å². The van der Waals surface area contributed by atoms with E-state index in [0.29, 0.717) is 6.61 Å². The highest BCUT2D eigenvalue weighted by molar-refractivity contribution is 5.47. The number of benzene rings is 1. The van der Waals surface area contributed by atoms with Crippen LogP contribution in [0.3, 0.4) is 0 Å². The van der Waals surface area contributed by atoms with Crippen molar-refractivity contribution in [3.05, 3.63) is 36.4 Å². The monoisotopic (exact) mass is 263 g/mol. The Morgan fingerprint density at radius 1 is 1.37 bits per heavy atom. The first-order valence-corrected chi connectivity index (χ1v) is 6.91. The topological polar surface area (TPSA) is 44.5 Å². The van der Waals surface area contributed by atoms with Gasteiger partial charge in [-0.15, -0.1) is 0 Å². The molecule has 0 aromatic heterocycles. The molecule has 3 heteroatoms. The molecule has 0 radical (unpaired) electrons. The Labute approximate surface area is 116 Å². The summed E-state index contributed by atoms with van der Waals surface area (Å²) in [5, 5.41) is 0. The van der Waals surface area contributed by atoms with Crippen LogP contribution in [0.5, 0.6) is 11.5 Å². The number of ether oxygens (including phenoxy) is 2. The molecule has 3 nitrogen and oxygen atoms in total. The SMILES string of the molecule is C=CC(C)Oc1c(CC(N)CC)cccc1OCC. The van der Waals surface area contributed by atoms with Crippen LogP contribution in [0, 0.1) is 0 Å². The highest BCUT2D eigenvalue weighted by atomic mass is 16.5. The third-order valence-electron chi connectivity index (χ3n) is 3.00. The highest BCUT2D eigenvalue weighted by Gasteiger charge is 2.14. The van der Waals surface area contributed by atoms with Gasteiger partial charge in [0.1, 0.15) is 6.10 Å². The maximum Gasteiger partial charge on any atom is 0.165 e. The molecule has 0 aliphatic rings. The zero-order valence-corrected chi connectivity index (χ0v) is 12.2. The maximum atomic E-state index is 6.04. The van der Waals surface area contributed by atoms with Crippen molar-refractivity contribution >= 4 is 0 Å². The van der Waals surface area contributed by atoms with E-state index in [2.05, 4.69) is 13.5 Å². The Morgan fingerprint density at radius 2 is 2.11 bits per heavy atom. The quantitative estimate of drug-likeness (QED) is 0.732. The van der Waals surface area contributed by atoms with Gasteiger partial charge in [0.15, 0.2) is 11.5 Å². The molecule has 0 amide bonds. The third-order valence-corrected chi connectivity index (χ3v) is 3.00. The molecular weight excluding hydrogens is 238 g/mol. The molecule has 0 aliphatic heterocycles. The lowest BCUT2D eigenvalue weighted by Crippen LogP contribution is -2.22. The summed E-state index contributed by atoms with van der Waals surface area (Å²) in [7, 11) is 0. The van der Waals surface area contributed by atoms with Crippen LogP contribution in [0.1, 0.15) is 32.8 Å². The molecule has 2 unspecified atom stereocenters. The average molecular weight is 263 g/mol. The second kappa shape index (κ2) is 7.85. The number of rotatable bonds is 8. The molecule has 106 valence electrons. The molecule has 0 fully saturated rings. The number of para-hydroxylation sites is 1. The van der Waals surface area contributed by atoms with Crippen LogP contribution in [0.15, 0.2) is 30.9 Å². The summed E-state index contributed by atoms with van der Waals surface area (Å²) >= 11 is 0. The Morgan fingerprint density at radius 3 is 2.68 bits per heavy atom. The second-order valence-corrected chi connectivity index (χ2v) is 4.61. The molecule has 19 heavy (non-hydrogen) atoms. The van der Waals surface area contributed by atoms with E-state index in [-0.39, 0.29) is 12.1 Å². The van der Waals surface area contributed by atoms with Gasteiger partial charge in [0, 0.05) is 6.04 Å². The first kappa shape index (κ1) is 15.6. The van der Waals surface area contributed by atoms with Crippen molar-refractivity contribution in [3.63, 3.8) is 0 Å². The normalized spacial score (nSPS) is 13.7. The molecule has 0 heterocycles. The van der Waals surface area contributed by atoms with E-state index >= 15 is 0 Å². The first-order valence-electron chi connectivity index (χ1n) is 6.91. The van der Waals surface area contributed by atoms with Crippen LogP contribution in [0.4, 0.5) is 0 Å². The smallest absolute Gasteiger partial charge is 0.165 e. The van der Waals surface area contributed by atoms with Crippen LogP contribution in [-0.4, -0.2) is 18.8 Å². The van der Waals surface area contributed by atoms with Crippen LogP contribution in [-0.2, 0) is 6.42 Å². The van der Waals surface area contributed by atoms with E-state index in [4.69, 9.17) is 15.2 Å². The summed E-state index contributed by atoms with van der Waals surface area (Å²) in [5.41, 5.74) is 7.14. The molecule has 2 N–H and O–H groups in total. The van der Waals surface area contributed by atoms with Crippen LogP contribution < -0.4 is 15.2 Å². The Balaban J connectivity index is 3.05. The van der Waals surface area contributed by atoms with Crippen LogP contribution in [0.25, 0.3) is 0 Å². The van der Waals surface area contributed by atoms with Crippen LogP contribution >= 0.6 is 0 Å². The maximum absolute atomic E-state index is 6.04. The van der Waals surface area contributed by atoms with Crippen molar-refractivity contribution in [2.45, 2.75) is 45.8 Å². The predicted octanol–water partition coefficient (Wildman–Crippen LogP) is 3.32. The molecule has 0 aliphatic carbocycles. The molecule has 0 saturated heterocycles. The minimum Gasteiger partial charge on any atom is -0.490 e. The van der Waals surface area contributed by atoms with Gasteiger partial charge >= 0.3 is 0 Å². The van der Waals surface area contributed by atoms with Crippen molar-refractivity contribution < 1.29 is 9.47 Å². The zero-order valence-electron chi connectivity index (χ0n) is 12.2. The summed E-state index contributed by atoms with van der Waals surface area (Å²) in [6, 6.07) is 6.09. The lowest BCUT2D eigenvalue weighted by molar-refractivity contribution is 0.242. The van der Waals surface area contributed by atoms with Gasteiger partial charge in [-0.3, -0.25) is 0 Å². The predicted molar refractivity (Wildman–Crippen MR) is 79.9 cm³/mol. The Bertz CT molecular complexity index is 404. The van der Waals surface area contributed by atoms with Crippen molar-refractivity contribution in [1.82, 2.24) is 0 Å². The zero-order chi connectivity index (χ0) is 14.3. The molecular formula is C16H25NO2. The summed E-state index contributed by atoms with van der Waals surface area (Å²) in [6.45, 7) is 10.4. The van der Waals surface area contributed by atoms with Crippen LogP contribution in [0.2, 0.25) is 0 Å². The van der Waals surface area contributed by atoms with E-state index < -0.39 is 0 Å². The molecule has 1 aromatic rings. The fourth-order valence-corrected chi connectivity index (χ4v) is 1.79. The fraction of sp³-hybridized carbons (Fsp3) is 0.500. The first-order chi connectivity index (χ1) is 9.12.